The number of likely N-dealkylation sites (N-methyl/N-ethyl adjacent to an activating group) is 1. The normalized spacial score (nSPS) is 25.2. The van der Waals surface area contributed by atoms with Crippen molar-refractivity contribution in [2.75, 3.05) is 27.2 Å². The molecule has 24 heavy (non-hydrogen) atoms. The number of nitrogens with zero attached hydrogens (tertiary/aromatic N) is 2. The highest BCUT2D eigenvalue weighted by Gasteiger charge is 2.36. The van der Waals surface area contributed by atoms with Crippen molar-refractivity contribution in [1.29, 1.82) is 0 Å². The van der Waals surface area contributed by atoms with Crippen LogP contribution in [0.15, 0.2) is 24.3 Å². The lowest BCUT2D eigenvalue weighted by Gasteiger charge is -2.27. The molecule has 0 aromatic heterocycles. The van der Waals surface area contributed by atoms with Crippen LogP contribution in [-0.4, -0.2) is 61.2 Å². The molecular weight excluding hydrogens is 302 g/mol. The summed E-state index contributed by atoms with van der Waals surface area (Å²) in [6.07, 6.45) is 4.39. The predicted molar refractivity (Wildman–Crippen MR) is 95.5 cm³/mol. The van der Waals surface area contributed by atoms with Crippen molar-refractivity contribution in [3.8, 4) is 5.75 Å². The summed E-state index contributed by atoms with van der Waals surface area (Å²) in [7, 11) is 3.88. The fraction of sp³-hybridized carbons (Fsp3) is 0.632. The Morgan fingerprint density at radius 3 is 2.92 bits per heavy atom. The maximum atomic E-state index is 12.6. The second kappa shape index (κ2) is 7.43. The van der Waals surface area contributed by atoms with Gasteiger partial charge >= 0.3 is 6.03 Å². The van der Waals surface area contributed by atoms with E-state index < -0.39 is 0 Å². The Labute approximate surface area is 145 Å². The summed E-state index contributed by atoms with van der Waals surface area (Å²) in [4.78, 5) is 17.1. The maximum absolute atomic E-state index is 12.6. The molecule has 132 valence electrons. The van der Waals surface area contributed by atoms with Gasteiger partial charge in [0, 0.05) is 31.2 Å². The Hall–Kier alpha value is -1.75. The molecule has 3 atom stereocenters. The van der Waals surface area contributed by atoms with Crippen molar-refractivity contribution in [3.63, 3.8) is 0 Å². The third kappa shape index (κ3) is 3.83. The van der Waals surface area contributed by atoms with Gasteiger partial charge in [-0.15, -0.1) is 0 Å². The van der Waals surface area contributed by atoms with Crippen molar-refractivity contribution >= 4 is 6.03 Å². The van der Waals surface area contributed by atoms with Crippen LogP contribution < -0.4 is 10.1 Å². The Bertz CT molecular complexity index is 577. The summed E-state index contributed by atoms with van der Waals surface area (Å²) in [5.74, 6) is 0.859. The molecule has 1 aromatic carbocycles. The van der Waals surface area contributed by atoms with Crippen LogP contribution in [0, 0.1) is 0 Å². The number of likely N-dealkylation sites (tertiary alicyclic amines) is 1. The first-order valence-corrected chi connectivity index (χ1v) is 8.97. The van der Waals surface area contributed by atoms with Crippen LogP contribution in [0.1, 0.15) is 31.7 Å². The molecule has 2 fully saturated rings. The minimum Gasteiger partial charge on any atom is -0.497 e. The lowest BCUT2D eigenvalue weighted by molar-refractivity contribution is 0.185. The highest BCUT2D eigenvalue weighted by atomic mass is 16.5. The van der Waals surface area contributed by atoms with Crippen LogP contribution in [0.5, 0.6) is 5.75 Å². The summed E-state index contributed by atoms with van der Waals surface area (Å²) in [5, 5.41) is 3.17. The van der Waals surface area contributed by atoms with E-state index in [1.54, 1.807) is 7.11 Å². The number of ether oxygens (including phenoxy) is 1. The molecule has 2 aliphatic rings. The first-order chi connectivity index (χ1) is 11.6. The molecule has 1 N–H and O–H groups in total. The fourth-order valence-electron chi connectivity index (χ4n) is 4.00. The smallest absolute Gasteiger partial charge is 0.317 e. The lowest BCUT2D eigenvalue weighted by atomic mass is 10.1. The van der Waals surface area contributed by atoms with Crippen molar-refractivity contribution < 1.29 is 9.53 Å². The molecule has 3 rings (SSSR count). The van der Waals surface area contributed by atoms with Crippen molar-refractivity contribution in [2.45, 2.75) is 50.7 Å². The molecule has 2 bridgehead atoms. The Morgan fingerprint density at radius 1 is 1.33 bits per heavy atom. The van der Waals surface area contributed by atoms with E-state index >= 15 is 0 Å². The maximum Gasteiger partial charge on any atom is 0.317 e. The number of methoxy groups -OCH3 is 1. The van der Waals surface area contributed by atoms with Gasteiger partial charge in [0.25, 0.3) is 0 Å². The number of nitrogens with one attached hydrogen (secondary N) is 1. The lowest BCUT2D eigenvalue weighted by Crippen LogP contribution is -2.47. The van der Waals surface area contributed by atoms with Crippen molar-refractivity contribution in [2.24, 2.45) is 0 Å². The minimum atomic E-state index is 0.0753. The molecule has 0 aliphatic carbocycles. The molecule has 0 saturated carbocycles. The first kappa shape index (κ1) is 17.1. The molecule has 1 aromatic rings. The van der Waals surface area contributed by atoms with Crippen LogP contribution in [0.2, 0.25) is 0 Å². The zero-order valence-corrected chi connectivity index (χ0v) is 15.0. The van der Waals surface area contributed by atoms with Gasteiger partial charge in [-0.25, -0.2) is 4.79 Å². The Morgan fingerprint density at radius 2 is 2.12 bits per heavy atom. The monoisotopic (exact) mass is 331 g/mol. The second-order valence-corrected chi connectivity index (χ2v) is 7.19. The number of fused-ring (bicyclic) bond motifs is 2. The Balaban J connectivity index is 1.54. The molecule has 2 saturated heterocycles. The van der Waals surface area contributed by atoms with Gasteiger partial charge in [0.1, 0.15) is 5.75 Å². The number of benzene rings is 1. The molecule has 2 aliphatic heterocycles. The molecule has 5 nitrogen and oxygen atoms in total. The highest BCUT2D eigenvalue weighted by molar-refractivity contribution is 5.74. The average Bonchev–Trinajstić information content (AvgIpc) is 2.79. The van der Waals surface area contributed by atoms with Gasteiger partial charge in [-0.1, -0.05) is 12.1 Å². The third-order valence-electron chi connectivity index (χ3n) is 5.48. The quantitative estimate of drug-likeness (QED) is 0.922. The summed E-state index contributed by atoms with van der Waals surface area (Å²) in [6.45, 7) is 3.78. The van der Waals surface area contributed by atoms with Crippen molar-refractivity contribution in [1.82, 2.24) is 15.1 Å². The van der Waals surface area contributed by atoms with Gasteiger partial charge in [-0.3, -0.25) is 4.90 Å². The number of urea groups is 1. The van der Waals surface area contributed by atoms with Crippen LogP contribution in [0.25, 0.3) is 0 Å². The van der Waals surface area contributed by atoms with E-state index in [4.69, 9.17) is 4.74 Å². The van der Waals surface area contributed by atoms with Gasteiger partial charge in [-0.05, 0) is 57.4 Å². The fourth-order valence-corrected chi connectivity index (χ4v) is 4.00. The van der Waals surface area contributed by atoms with Gasteiger partial charge in [0.15, 0.2) is 0 Å². The number of carbonyl (C=O) groups excluding carboxylic acids is 1. The highest BCUT2D eigenvalue weighted by Crippen LogP contribution is 2.28. The van der Waals surface area contributed by atoms with E-state index in [9.17, 15) is 4.79 Å². The van der Waals surface area contributed by atoms with Crippen LogP contribution in [0.3, 0.4) is 0 Å². The summed E-state index contributed by atoms with van der Waals surface area (Å²) >= 11 is 0. The SMILES string of the molecule is COc1cccc(C[C@H](C)NC(=O)N2CC[C@H]3CC[C@@H](C2)N3C)c1. The molecule has 5 heteroatoms. The number of carbonyl (C=O) groups is 1. The zero-order valence-electron chi connectivity index (χ0n) is 15.0. The van der Waals surface area contributed by atoms with E-state index in [0.717, 1.165) is 31.7 Å². The van der Waals surface area contributed by atoms with Crippen LogP contribution in [-0.2, 0) is 6.42 Å². The second-order valence-electron chi connectivity index (χ2n) is 7.19. The van der Waals surface area contributed by atoms with E-state index in [-0.39, 0.29) is 12.1 Å². The number of amides is 2. The molecule has 0 radical (unpaired) electrons. The van der Waals surface area contributed by atoms with Crippen LogP contribution >= 0.6 is 0 Å². The predicted octanol–water partition coefficient (Wildman–Crippen LogP) is 2.50. The zero-order chi connectivity index (χ0) is 17.1. The van der Waals surface area contributed by atoms with E-state index in [1.807, 2.05) is 23.1 Å². The molecule has 2 amide bonds. The summed E-state index contributed by atoms with van der Waals surface area (Å²) < 4.78 is 5.26. The van der Waals surface area contributed by atoms with E-state index in [1.165, 1.54) is 18.4 Å². The van der Waals surface area contributed by atoms with Crippen LogP contribution in [0.4, 0.5) is 4.79 Å². The largest absolute Gasteiger partial charge is 0.497 e. The third-order valence-corrected chi connectivity index (χ3v) is 5.48. The van der Waals surface area contributed by atoms with Gasteiger partial charge < -0.3 is 15.0 Å². The Kier molecular flexibility index (Phi) is 5.29. The summed E-state index contributed by atoms with van der Waals surface area (Å²) in [6, 6.07) is 9.39. The number of hydrogen-bond donors (Lipinski definition) is 1. The van der Waals surface area contributed by atoms with Gasteiger partial charge in [-0.2, -0.15) is 0 Å². The first-order valence-electron chi connectivity index (χ1n) is 8.97. The molecule has 0 unspecified atom stereocenters. The molecular formula is C19H29N3O2. The minimum absolute atomic E-state index is 0.0753. The standard InChI is InChI=1S/C19H29N3O2/c1-14(11-15-5-4-6-18(12-15)24-3)20-19(23)22-10-9-16-7-8-17(13-22)21(16)2/h4-6,12,14,16-17H,7-11,13H2,1-3H3,(H,20,23)/t14-,16+,17-/m0/s1. The van der Waals surface area contributed by atoms with Crippen molar-refractivity contribution in [3.05, 3.63) is 29.8 Å². The van der Waals surface area contributed by atoms with Gasteiger partial charge in [0.05, 0.1) is 7.11 Å². The summed E-state index contributed by atoms with van der Waals surface area (Å²) in [5.41, 5.74) is 1.18. The topological polar surface area (TPSA) is 44.8 Å². The molecule has 2 heterocycles. The number of hydrogen-bond acceptors (Lipinski definition) is 3. The number of rotatable bonds is 4. The van der Waals surface area contributed by atoms with Gasteiger partial charge in [0.2, 0.25) is 0 Å². The average molecular weight is 331 g/mol. The molecule has 0 spiro atoms. The van der Waals surface area contributed by atoms with E-state index in [0.29, 0.717) is 12.1 Å². The van der Waals surface area contributed by atoms with E-state index in [2.05, 4.69) is 30.3 Å².